The SMILES string of the molecule is CCOC(=O)N1C/C(=C/c2ccccc2)N1C(=O)OCC. The van der Waals surface area contributed by atoms with Crippen LogP contribution in [0.2, 0.25) is 0 Å². The predicted molar refractivity (Wildman–Crippen MR) is 77.0 cm³/mol. The van der Waals surface area contributed by atoms with Crippen LogP contribution in [-0.4, -0.2) is 42.0 Å². The lowest BCUT2D eigenvalue weighted by Crippen LogP contribution is -2.60. The van der Waals surface area contributed by atoms with Gasteiger partial charge in [0.15, 0.2) is 0 Å². The van der Waals surface area contributed by atoms with Gasteiger partial charge in [0.25, 0.3) is 0 Å². The zero-order valence-electron chi connectivity index (χ0n) is 12.1. The number of hydrogen-bond donors (Lipinski definition) is 0. The van der Waals surface area contributed by atoms with E-state index < -0.39 is 12.2 Å². The van der Waals surface area contributed by atoms with Crippen molar-refractivity contribution in [2.24, 2.45) is 0 Å². The van der Waals surface area contributed by atoms with Crippen molar-refractivity contribution >= 4 is 18.3 Å². The molecule has 2 amide bonds. The molecule has 0 unspecified atom stereocenters. The Labute approximate surface area is 123 Å². The van der Waals surface area contributed by atoms with Gasteiger partial charge in [-0.1, -0.05) is 30.3 Å². The molecule has 1 aromatic carbocycles. The molecule has 0 atom stereocenters. The quantitative estimate of drug-likeness (QED) is 0.859. The first-order chi connectivity index (χ1) is 10.2. The molecular weight excluding hydrogens is 272 g/mol. The van der Waals surface area contributed by atoms with Crippen molar-refractivity contribution in [2.45, 2.75) is 13.8 Å². The van der Waals surface area contributed by atoms with Crippen molar-refractivity contribution in [1.82, 2.24) is 10.0 Å². The lowest BCUT2D eigenvalue weighted by Gasteiger charge is -2.43. The average molecular weight is 290 g/mol. The highest BCUT2D eigenvalue weighted by Gasteiger charge is 2.41. The molecule has 6 heteroatoms. The summed E-state index contributed by atoms with van der Waals surface area (Å²) in [6.07, 6.45) is 0.696. The lowest BCUT2D eigenvalue weighted by molar-refractivity contribution is -0.0417. The standard InChI is InChI=1S/C15H18N2O4/c1-3-20-14(18)16-11-13(17(16)15(19)21-4-2)10-12-8-6-5-7-9-12/h5-10H,3-4,11H2,1-2H3/b13-10-. The van der Waals surface area contributed by atoms with E-state index in [9.17, 15) is 9.59 Å². The first-order valence-electron chi connectivity index (χ1n) is 6.84. The Bertz CT molecular complexity index is 542. The third-order valence-electron chi connectivity index (χ3n) is 2.88. The van der Waals surface area contributed by atoms with Crippen molar-refractivity contribution in [3.63, 3.8) is 0 Å². The second-order valence-electron chi connectivity index (χ2n) is 4.31. The predicted octanol–water partition coefficient (Wildman–Crippen LogP) is 2.87. The van der Waals surface area contributed by atoms with Gasteiger partial charge in [-0.25, -0.2) is 14.6 Å². The number of ether oxygens (including phenoxy) is 2. The van der Waals surface area contributed by atoms with E-state index >= 15 is 0 Å². The molecule has 0 N–H and O–H groups in total. The van der Waals surface area contributed by atoms with E-state index in [-0.39, 0.29) is 13.2 Å². The first-order valence-corrected chi connectivity index (χ1v) is 6.84. The van der Waals surface area contributed by atoms with Crippen LogP contribution in [-0.2, 0) is 9.47 Å². The number of nitrogens with zero attached hydrogens (tertiary/aromatic N) is 2. The first kappa shape index (κ1) is 14.9. The highest BCUT2D eigenvalue weighted by Crippen LogP contribution is 2.26. The molecule has 112 valence electrons. The molecule has 0 saturated carbocycles. The number of benzene rings is 1. The Hall–Kier alpha value is -2.50. The molecule has 0 aromatic heterocycles. The Morgan fingerprint density at radius 3 is 2.33 bits per heavy atom. The van der Waals surface area contributed by atoms with Gasteiger partial charge in [-0.05, 0) is 25.5 Å². The molecular formula is C15H18N2O4. The van der Waals surface area contributed by atoms with E-state index in [0.29, 0.717) is 12.2 Å². The van der Waals surface area contributed by atoms with Crippen LogP contribution in [0.4, 0.5) is 9.59 Å². The topological polar surface area (TPSA) is 59.1 Å². The molecule has 0 radical (unpaired) electrons. The van der Waals surface area contributed by atoms with Crippen LogP contribution in [0.15, 0.2) is 36.0 Å². The Morgan fingerprint density at radius 2 is 1.71 bits per heavy atom. The summed E-state index contributed by atoms with van der Waals surface area (Å²) in [5, 5.41) is 2.42. The summed E-state index contributed by atoms with van der Waals surface area (Å²) in [5.41, 5.74) is 1.64. The Kier molecular flexibility index (Phi) is 4.81. The van der Waals surface area contributed by atoms with Crippen LogP contribution in [0.1, 0.15) is 19.4 Å². The molecule has 0 bridgehead atoms. The van der Waals surface area contributed by atoms with Gasteiger partial charge in [-0.15, -0.1) is 0 Å². The average Bonchev–Trinajstić information content (AvgIpc) is 2.44. The molecule has 1 fully saturated rings. The van der Waals surface area contributed by atoms with Crippen LogP contribution in [0, 0.1) is 0 Å². The fraction of sp³-hybridized carbons (Fsp3) is 0.333. The van der Waals surface area contributed by atoms with E-state index in [1.807, 2.05) is 36.4 Å². The Morgan fingerprint density at radius 1 is 1.10 bits per heavy atom. The molecule has 0 aliphatic carbocycles. The van der Waals surface area contributed by atoms with E-state index in [1.54, 1.807) is 13.8 Å². The minimum atomic E-state index is -0.584. The number of amides is 2. The van der Waals surface area contributed by atoms with E-state index in [1.165, 1.54) is 10.0 Å². The van der Waals surface area contributed by atoms with E-state index in [4.69, 9.17) is 9.47 Å². The second-order valence-corrected chi connectivity index (χ2v) is 4.31. The third-order valence-corrected chi connectivity index (χ3v) is 2.88. The van der Waals surface area contributed by atoms with Gasteiger partial charge in [0.1, 0.15) is 0 Å². The van der Waals surface area contributed by atoms with Crippen molar-refractivity contribution < 1.29 is 19.1 Å². The van der Waals surface area contributed by atoms with Gasteiger partial charge in [0, 0.05) is 0 Å². The number of carbonyl (C=O) groups is 2. The molecule has 2 rings (SSSR count). The maximum Gasteiger partial charge on any atom is 0.433 e. The molecule has 1 aromatic rings. The molecule has 1 saturated heterocycles. The van der Waals surface area contributed by atoms with Crippen LogP contribution in [0.3, 0.4) is 0 Å². The normalized spacial score (nSPS) is 15.6. The van der Waals surface area contributed by atoms with Crippen molar-refractivity contribution in [3.05, 3.63) is 41.6 Å². The van der Waals surface area contributed by atoms with Crippen LogP contribution in [0.25, 0.3) is 6.08 Å². The molecule has 0 spiro atoms. The smallest absolute Gasteiger partial charge is 0.433 e. The maximum atomic E-state index is 12.0. The minimum absolute atomic E-state index is 0.241. The van der Waals surface area contributed by atoms with Gasteiger partial charge in [0.2, 0.25) is 0 Å². The van der Waals surface area contributed by atoms with Crippen LogP contribution in [0.5, 0.6) is 0 Å². The molecule has 1 aliphatic rings. The zero-order chi connectivity index (χ0) is 15.2. The Balaban J connectivity index is 2.17. The zero-order valence-corrected chi connectivity index (χ0v) is 12.1. The summed E-state index contributed by atoms with van der Waals surface area (Å²) in [5.74, 6) is 0. The number of hydrogen-bond acceptors (Lipinski definition) is 4. The maximum absolute atomic E-state index is 12.0. The largest absolute Gasteiger partial charge is 0.448 e. The number of carbonyl (C=O) groups excluding carboxylic acids is 2. The van der Waals surface area contributed by atoms with E-state index in [2.05, 4.69) is 0 Å². The van der Waals surface area contributed by atoms with Crippen LogP contribution >= 0.6 is 0 Å². The summed E-state index contributed by atoms with van der Waals surface area (Å²) < 4.78 is 9.88. The molecule has 1 heterocycles. The third kappa shape index (κ3) is 3.34. The summed E-state index contributed by atoms with van der Waals surface area (Å²) in [4.78, 5) is 23.7. The summed E-state index contributed by atoms with van der Waals surface area (Å²) in [6, 6.07) is 9.56. The van der Waals surface area contributed by atoms with Crippen LogP contribution < -0.4 is 0 Å². The number of hydrazine groups is 1. The van der Waals surface area contributed by atoms with Crippen molar-refractivity contribution in [1.29, 1.82) is 0 Å². The lowest BCUT2D eigenvalue weighted by atomic mass is 10.1. The fourth-order valence-electron chi connectivity index (χ4n) is 1.96. The minimum Gasteiger partial charge on any atom is -0.448 e. The van der Waals surface area contributed by atoms with Gasteiger partial charge < -0.3 is 9.47 Å². The monoisotopic (exact) mass is 290 g/mol. The van der Waals surface area contributed by atoms with Gasteiger partial charge in [0.05, 0.1) is 25.5 Å². The molecule has 21 heavy (non-hydrogen) atoms. The highest BCUT2D eigenvalue weighted by molar-refractivity contribution is 5.80. The van der Waals surface area contributed by atoms with Gasteiger partial charge in [-0.2, -0.15) is 5.01 Å². The summed E-state index contributed by atoms with van der Waals surface area (Å²) >= 11 is 0. The highest BCUT2D eigenvalue weighted by atomic mass is 16.6. The second kappa shape index (κ2) is 6.78. The summed E-state index contributed by atoms with van der Waals surface area (Å²) in [7, 11) is 0. The molecule has 1 aliphatic heterocycles. The van der Waals surface area contributed by atoms with Crippen molar-refractivity contribution in [3.8, 4) is 0 Å². The fourth-order valence-corrected chi connectivity index (χ4v) is 1.96. The van der Waals surface area contributed by atoms with Crippen molar-refractivity contribution in [2.75, 3.05) is 19.8 Å². The van der Waals surface area contributed by atoms with E-state index in [0.717, 1.165) is 5.56 Å². The number of rotatable bonds is 3. The van der Waals surface area contributed by atoms with Gasteiger partial charge >= 0.3 is 12.2 Å². The molecule has 6 nitrogen and oxygen atoms in total. The van der Waals surface area contributed by atoms with Gasteiger partial charge in [-0.3, -0.25) is 0 Å². The summed E-state index contributed by atoms with van der Waals surface area (Å²) in [6.45, 7) is 4.24.